The molecule has 3 aromatic heterocycles. The van der Waals surface area contributed by atoms with Crippen LogP contribution < -0.4 is 5.32 Å². The number of nitrogens with zero attached hydrogens (tertiary/aromatic N) is 5. The number of amides is 1. The van der Waals surface area contributed by atoms with Crippen molar-refractivity contribution in [3.05, 3.63) is 77.0 Å². The summed E-state index contributed by atoms with van der Waals surface area (Å²) < 4.78 is 3.71. The molecule has 0 aliphatic heterocycles. The first-order valence-corrected chi connectivity index (χ1v) is 9.68. The quantitative estimate of drug-likeness (QED) is 0.549. The predicted octanol–water partition coefficient (Wildman–Crippen LogP) is 3.47. The largest absolute Gasteiger partial charge is 0.326 e. The average Bonchev–Trinajstić information content (AvgIpc) is 3.31. The molecule has 0 saturated heterocycles. The second-order valence-corrected chi connectivity index (χ2v) is 7.27. The van der Waals surface area contributed by atoms with E-state index in [9.17, 15) is 4.79 Å². The van der Waals surface area contributed by atoms with Crippen molar-refractivity contribution in [3.8, 4) is 0 Å². The van der Waals surface area contributed by atoms with E-state index in [4.69, 9.17) is 0 Å². The topological polar surface area (TPSA) is 77.1 Å². The van der Waals surface area contributed by atoms with Crippen molar-refractivity contribution in [2.75, 3.05) is 5.32 Å². The maximum Gasteiger partial charge on any atom is 0.224 e. The van der Waals surface area contributed by atoms with Crippen LogP contribution in [0, 0.1) is 20.8 Å². The van der Waals surface area contributed by atoms with Gasteiger partial charge in [-0.05, 0) is 56.5 Å². The van der Waals surface area contributed by atoms with Gasteiger partial charge in [-0.2, -0.15) is 10.2 Å². The molecule has 0 aliphatic rings. The maximum absolute atomic E-state index is 12.5. The molecule has 7 heteroatoms. The van der Waals surface area contributed by atoms with Crippen LogP contribution in [0.3, 0.4) is 0 Å². The van der Waals surface area contributed by atoms with Crippen LogP contribution in [0.25, 0.3) is 5.65 Å². The summed E-state index contributed by atoms with van der Waals surface area (Å²) in [4.78, 5) is 17.2. The highest BCUT2D eigenvalue weighted by Gasteiger charge is 2.13. The summed E-state index contributed by atoms with van der Waals surface area (Å²) in [7, 11) is 0. The van der Waals surface area contributed by atoms with E-state index >= 15 is 0 Å². The lowest BCUT2D eigenvalue weighted by atomic mass is 10.1. The Bertz CT molecular complexity index is 1160. The molecule has 0 fully saturated rings. The maximum atomic E-state index is 12.5. The number of aryl methyl sites for hydroxylation is 3. The van der Waals surface area contributed by atoms with Gasteiger partial charge in [-0.3, -0.25) is 9.48 Å². The van der Waals surface area contributed by atoms with Crippen molar-refractivity contribution < 1.29 is 4.79 Å². The van der Waals surface area contributed by atoms with Crippen LogP contribution >= 0.6 is 0 Å². The Balaban J connectivity index is 1.42. The molecule has 148 valence electrons. The molecule has 3 heterocycles. The van der Waals surface area contributed by atoms with Crippen molar-refractivity contribution in [1.82, 2.24) is 24.4 Å². The summed E-state index contributed by atoms with van der Waals surface area (Å²) in [6.07, 6.45) is 4.69. The fraction of sp³-hybridized carbons (Fsp3) is 0.273. The minimum absolute atomic E-state index is 0.0169. The molecule has 7 nitrogen and oxygen atoms in total. The van der Waals surface area contributed by atoms with Crippen molar-refractivity contribution in [2.45, 2.75) is 40.2 Å². The van der Waals surface area contributed by atoms with Gasteiger partial charge in [0.1, 0.15) is 0 Å². The number of fused-ring (bicyclic) bond motifs is 1. The fourth-order valence-electron chi connectivity index (χ4n) is 3.59. The standard InChI is InChI=1S/C22H24N6O/c1-15-12-21-24-16(2)20(17(3)28(21)26-15)8-9-22(29)25-19-7-4-6-18(13-19)14-27-11-5-10-23-27/h4-7,10-13H,8-9,14H2,1-3H3,(H,25,29). The normalized spacial score (nSPS) is 11.1. The molecule has 0 spiro atoms. The Morgan fingerprint density at radius 1 is 1.14 bits per heavy atom. The first-order valence-electron chi connectivity index (χ1n) is 9.68. The van der Waals surface area contributed by atoms with Gasteiger partial charge >= 0.3 is 0 Å². The molecule has 0 radical (unpaired) electrons. The molecule has 1 amide bonds. The summed E-state index contributed by atoms with van der Waals surface area (Å²) in [6, 6.07) is 11.7. The van der Waals surface area contributed by atoms with Gasteiger partial charge in [0.25, 0.3) is 0 Å². The third-order valence-electron chi connectivity index (χ3n) is 5.00. The van der Waals surface area contributed by atoms with Crippen molar-refractivity contribution in [1.29, 1.82) is 0 Å². The summed E-state index contributed by atoms with van der Waals surface area (Å²) in [5.41, 5.74) is 6.72. The van der Waals surface area contributed by atoms with Gasteiger partial charge < -0.3 is 5.32 Å². The van der Waals surface area contributed by atoms with E-state index in [0.29, 0.717) is 19.4 Å². The van der Waals surface area contributed by atoms with Gasteiger partial charge in [-0.15, -0.1) is 0 Å². The smallest absolute Gasteiger partial charge is 0.224 e. The third-order valence-corrected chi connectivity index (χ3v) is 5.00. The zero-order chi connectivity index (χ0) is 20.4. The molecule has 0 bridgehead atoms. The fourth-order valence-corrected chi connectivity index (χ4v) is 3.59. The Morgan fingerprint density at radius 2 is 2.00 bits per heavy atom. The molecule has 1 aromatic carbocycles. The lowest BCUT2D eigenvalue weighted by Gasteiger charge is -2.11. The zero-order valence-electron chi connectivity index (χ0n) is 16.9. The number of hydrogen-bond acceptors (Lipinski definition) is 4. The van der Waals surface area contributed by atoms with E-state index in [1.807, 2.05) is 72.6 Å². The highest BCUT2D eigenvalue weighted by atomic mass is 16.1. The molecule has 0 atom stereocenters. The van der Waals surface area contributed by atoms with E-state index in [-0.39, 0.29) is 5.91 Å². The molecule has 4 aromatic rings. The molecular formula is C22H24N6O. The van der Waals surface area contributed by atoms with Crippen LogP contribution in [0.4, 0.5) is 5.69 Å². The summed E-state index contributed by atoms with van der Waals surface area (Å²) >= 11 is 0. The summed E-state index contributed by atoms with van der Waals surface area (Å²) in [5, 5.41) is 11.7. The molecule has 0 aliphatic carbocycles. The molecule has 0 unspecified atom stereocenters. The monoisotopic (exact) mass is 388 g/mol. The molecular weight excluding hydrogens is 364 g/mol. The van der Waals surface area contributed by atoms with Crippen LogP contribution in [-0.2, 0) is 17.8 Å². The SMILES string of the molecule is Cc1cc2nc(C)c(CCC(=O)Nc3cccc(Cn4cccn4)c3)c(C)n2n1. The van der Waals surface area contributed by atoms with Gasteiger partial charge in [0.15, 0.2) is 5.65 Å². The summed E-state index contributed by atoms with van der Waals surface area (Å²) in [5.74, 6) is -0.0169. The van der Waals surface area contributed by atoms with E-state index in [1.54, 1.807) is 6.20 Å². The van der Waals surface area contributed by atoms with Gasteiger partial charge in [-0.1, -0.05) is 12.1 Å². The van der Waals surface area contributed by atoms with E-state index < -0.39 is 0 Å². The third kappa shape index (κ3) is 4.18. The van der Waals surface area contributed by atoms with Crippen LogP contribution in [0.15, 0.2) is 48.8 Å². The number of rotatable bonds is 6. The molecule has 29 heavy (non-hydrogen) atoms. The Hall–Kier alpha value is -3.48. The highest BCUT2D eigenvalue weighted by Crippen LogP contribution is 2.18. The lowest BCUT2D eigenvalue weighted by molar-refractivity contribution is -0.116. The highest BCUT2D eigenvalue weighted by molar-refractivity contribution is 5.90. The van der Waals surface area contributed by atoms with Crippen LogP contribution in [0.2, 0.25) is 0 Å². The first kappa shape index (κ1) is 18.9. The second-order valence-electron chi connectivity index (χ2n) is 7.27. The number of anilines is 1. The molecule has 1 N–H and O–H groups in total. The summed E-state index contributed by atoms with van der Waals surface area (Å²) in [6.45, 7) is 6.64. The predicted molar refractivity (Wildman–Crippen MR) is 112 cm³/mol. The molecule has 4 rings (SSSR count). The Morgan fingerprint density at radius 3 is 2.79 bits per heavy atom. The average molecular weight is 388 g/mol. The van der Waals surface area contributed by atoms with E-state index in [1.165, 1.54) is 0 Å². The van der Waals surface area contributed by atoms with Crippen LogP contribution in [0.1, 0.15) is 34.6 Å². The lowest BCUT2D eigenvalue weighted by Crippen LogP contribution is -2.14. The number of aromatic nitrogens is 5. The number of carbonyl (C=O) groups is 1. The molecule has 0 saturated carbocycles. The Labute approximate surface area is 169 Å². The van der Waals surface area contributed by atoms with Gasteiger partial charge in [0.2, 0.25) is 5.91 Å². The number of hydrogen-bond donors (Lipinski definition) is 1. The van der Waals surface area contributed by atoms with Gasteiger partial charge in [-0.25, -0.2) is 9.50 Å². The minimum Gasteiger partial charge on any atom is -0.326 e. The van der Waals surface area contributed by atoms with E-state index in [2.05, 4.69) is 20.5 Å². The van der Waals surface area contributed by atoms with Crippen molar-refractivity contribution in [3.63, 3.8) is 0 Å². The van der Waals surface area contributed by atoms with E-state index in [0.717, 1.165) is 39.5 Å². The first-order chi connectivity index (χ1) is 14.0. The minimum atomic E-state index is -0.0169. The van der Waals surface area contributed by atoms with Crippen molar-refractivity contribution in [2.24, 2.45) is 0 Å². The second kappa shape index (κ2) is 7.87. The zero-order valence-corrected chi connectivity index (χ0v) is 16.9. The Kier molecular flexibility index (Phi) is 5.12. The van der Waals surface area contributed by atoms with Crippen molar-refractivity contribution >= 4 is 17.2 Å². The van der Waals surface area contributed by atoms with Gasteiger partial charge in [0.05, 0.1) is 12.2 Å². The number of benzene rings is 1. The van der Waals surface area contributed by atoms with Crippen LogP contribution in [-0.4, -0.2) is 30.3 Å². The number of nitrogens with one attached hydrogen (secondary N) is 1. The number of carbonyl (C=O) groups excluding carboxylic acids is 1. The van der Waals surface area contributed by atoms with Gasteiger partial charge in [0, 0.05) is 42.0 Å². The van der Waals surface area contributed by atoms with Crippen LogP contribution in [0.5, 0.6) is 0 Å².